The molecule has 1 fully saturated rings. The van der Waals surface area contributed by atoms with Gasteiger partial charge in [0.05, 0.1) is 0 Å². The van der Waals surface area contributed by atoms with Gasteiger partial charge in [-0.3, -0.25) is 0 Å². The second kappa shape index (κ2) is 4.14. The number of nitrogens with zero attached hydrogens (tertiary/aromatic N) is 1. The summed E-state index contributed by atoms with van der Waals surface area (Å²) in [7, 11) is 1.94. The van der Waals surface area contributed by atoms with Crippen molar-refractivity contribution in [1.82, 2.24) is 4.90 Å². The van der Waals surface area contributed by atoms with Crippen LogP contribution in [0, 0.1) is 0 Å². The Bertz CT molecular complexity index is 380. The molecule has 1 aromatic rings. The first kappa shape index (κ1) is 11.0. The molecule has 4 heteroatoms. The molecule has 1 aliphatic rings. The van der Waals surface area contributed by atoms with Crippen molar-refractivity contribution in [2.75, 3.05) is 25.5 Å². The maximum absolute atomic E-state index is 11.4. The molecule has 2 rings (SSSR count). The van der Waals surface area contributed by atoms with Crippen LogP contribution in [0.2, 0.25) is 0 Å². The van der Waals surface area contributed by atoms with E-state index in [1.54, 1.807) is 0 Å². The zero-order valence-electron chi connectivity index (χ0n) is 9.31. The van der Waals surface area contributed by atoms with Crippen LogP contribution >= 0.6 is 0 Å². The summed E-state index contributed by atoms with van der Waals surface area (Å²) in [5.74, 6) is -0.777. The monoisotopic (exact) mass is 220 g/mol. The van der Waals surface area contributed by atoms with Crippen molar-refractivity contribution in [2.45, 2.75) is 12.0 Å². The van der Waals surface area contributed by atoms with Crippen molar-refractivity contribution in [3.8, 4) is 0 Å². The summed E-state index contributed by atoms with van der Waals surface area (Å²) in [5.41, 5.74) is 0.0241. The van der Waals surface area contributed by atoms with Crippen LogP contribution in [-0.4, -0.2) is 41.7 Å². The zero-order valence-corrected chi connectivity index (χ0v) is 9.31. The number of nitrogens with one attached hydrogen (secondary N) is 1. The Morgan fingerprint density at radius 3 is 2.62 bits per heavy atom. The number of likely N-dealkylation sites (tertiary alicyclic amines) is 1. The highest BCUT2D eigenvalue weighted by molar-refractivity contribution is 5.83. The van der Waals surface area contributed by atoms with E-state index < -0.39 is 11.5 Å². The van der Waals surface area contributed by atoms with Crippen LogP contribution in [0.1, 0.15) is 6.42 Å². The molecule has 1 saturated heterocycles. The lowest BCUT2D eigenvalue weighted by molar-refractivity contribution is -0.141. The van der Waals surface area contributed by atoms with E-state index in [1.807, 2.05) is 42.3 Å². The van der Waals surface area contributed by atoms with Crippen LogP contribution in [0.3, 0.4) is 0 Å². The van der Waals surface area contributed by atoms with Gasteiger partial charge in [0.2, 0.25) is 0 Å². The van der Waals surface area contributed by atoms with Gasteiger partial charge in [-0.05, 0) is 25.6 Å². The van der Waals surface area contributed by atoms with Gasteiger partial charge in [-0.2, -0.15) is 0 Å². The van der Waals surface area contributed by atoms with E-state index in [4.69, 9.17) is 0 Å². The summed E-state index contributed by atoms with van der Waals surface area (Å²) in [4.78, 5) is 13.4. The highest BCUT2D eigenvalue weighted by Gasteiger charge is 2.43. The van der Waals surface area contributed by atoms with Gasteiger partial charge in [-0.15, -0.1) is 0 Å². The van der Waals surface area contributed by atoms with Crippen molar-refractivity contribution >= 4 is 11.7 Å². The molecule has 0 radical (unpaired) electrons. The van der Waals surface area contributed by atoms with E-state index >= 15 is 0 Å². The number of carbonyl (C=O) groups is 1. The number of carboxylic acids is 1. The molecule has 1 aromatic carbocycles. The number of hydrogen-bond donors (Lipinski definition) is 2. The van der Waals surface area contributed by atoms with Gasteiger partial charge >= 0.3 is 5.97 Å². The lowest BCUT2D eigenvalue weighted by atomic mass is 9.98. The fourth-order valence-corrected chi connectivity index (χ4v) is 2.13. The Morgan fingerprint density at radius 1 is 1.44 bits per heavy atom. The first-order valence-corrected chi connectivity index (χ1v) is 5.38. The SMILES string of the molecule is CN1CCC(Nc2ccccc2)(C(=O)O)C1. The molecular formula is C12H16N2O2. The topological polar surface area (TPSA) is 52.6 Å². The lowest BCUT2D eigenvalue weighted by Gasteiger charge is -2.26. The smallest absolute Gasteiger partial charge is 0.330 e. The van der Waals surface area contributed by atoms with Gasteiger partial charge in [-0.25, -0.2) is 4.79 Å². The number of para-hydroxylation sites is 1. The normalized spacial score (nSPS) is 25.6. The van der Waals surface area contributed by atoms with Gasteiger partial charge in [0, 0.05) is 18.8 Å². The molecule has 1 unspecified atom stereocenters. The predicted molar refractivity (Wildman–Crippen MR) is 62.5 cm³/mol. The summed E-state index contributed by atoms with van der Waals surface area (Å²) in [5, 5.41) is 12.5. The Balaban J connectivity index is 2.19. The minimum atomic E-state index is -0.837. The second-order valence-electron chi connectivity index (χ2n) is 4.37. The number of carboxylic acid groups (broad SMARTS) is 1. The fraction of sp³-hybridized carbons (Fsp3) is 0.417. The largest absolute Gasteiger partial charge is 0.479 e. The van der Waals surface area contributed by atoms with Crippen LogP contribution < -0.4 is 5.32 Å². The summed E-state index contributed by atoms with van der Waals surface area (Å²) in [6.07, 6.45) is 0.633. The van der Waals surface area contributed by atoms with E-state index in [-0.39, 0.29) is 0 Å². The van der Waals surface area contributed by atoms with Crippen LogP contribution in [0.15, 0.2) is 30.3 Å². The van der Waals surface area contributed by atoms with E-state index in [0.717, 1.165) is 12.2 Å². The Kier molecular flexibility index (Phi) is 2.83. The molecular weight excluding hydrogens is 204 g/mol. The first-order valence-electron chi connectivity index (χ1n) is 5.38. The summed E-state index contributed by atoms with van der Waals surface area (Å²) >= 11 is 0. The summed E-state index contributed by atoms with van der Waals surface area (Å²) in [6.45, 7) is 1.35. The van der Waals surface area contributed by atoms with Gasteiger partial charge < -0.3 is 15.3 Å². The maximum atomic E-state index is 11.4. The van der Waals surface area contributed by atoms with Crippen LogP contribution in [0.25, 0.3) is 0 Å². The van der Waals surface area contributed by atoms with Crippen LogP contribution in [0.4, 0.5) is 5.69 Å². The third-order valence-electron chi connectivity index (χ3n) is 3.03. The number of rotatable bonds is 3. The lowest BCUT2D eigenvalue weighted by Crippen LogP contribution is -2.48. The molecule has 2 N–H and O–H groups in total. The Morgan fingerprint density at radius 2 is 2.12 bits per heavy atom. The second-order valence-corrected chi connectivity index (χ2v) is 4.37. The van der Waals surface area contributed by atoms with Gasteiger partial charge in [0.25, 0.3) is 0 Å². The molecule has 86 valence electrons. The van der Waals surface area contributed by atoms with Crippen LogP contribution in [0.5, 0.6) is 0 Å². The van der Waals surface area contributed by atoms with E-state index in [2.05, 4.69) is 5.32 Å². The minimum absolute atomic E-state index is 0.539. The predicted octanol–water partition coefficient (Wildman–Crippen LogP) is 1.26. The maximum Gasteiger partial charge on any atom is 0.330 e. The minimum Gasteiger partial charge on any atom is -0.479 e. The van der Waals surface area contributed by atoms with Gasteiger partial charge in [0.15, 0.2) is 0 Å². The van der Waals surface area contributed by atoms with Crippen molar-refractivity contribution in [1.29, 1.82) is 0 Å². The molecule has 0 amide bonds. The highest BCUT2D eigenvalue weighted by Crippen LogP contribution is 2.25. The molecule has 4 nitrogen and oxygen atoms in total. The standard InChI is InChI=1S/C12H16N2O2/c1-14-8-7-12(9-14,11(15)16)13-10-5-3-2-4-6-10/h2-6,13H,7-9H2,1H3,(H,15,16). The third-order valence-corrected chi connectivity index (χ3v) is 3.03. The third kappa shape index (κ3) is 2.02. The molecule has 0 saturated carbocycles. The highest BCUT2D eigenvalue weighted by atomic mass is 16.4. The van der Waals surface area contributed by atoms with E-state index in [0.29, 0.717) is 13.0 Å². The van der Waals surface area contributed by atoms with Crippen molar-refractivity contribution in [3.63, 3.8) is 0 Å². The van der Waals surface area contributed by atoms with E-state index in [9.17, 15) is 9.90 Å². The molecule has 0 aliphatic carbocycles. The molecule has 1 aliphatic heterocycles. The van der Waals surface area contributed by atoms with Crippen molar-refractivity contribution < 1.29 is 9.90 Å². The number of anilines is 1. The van der Waals surface area contributed by atoms with Gasteiger partial charge in [0.1, 0.15) is 5.54 Å². The Labute approximate surface area is 94.9 Å². The van der Waals surface area contributed by atoms with Crippen molar-refractivity contribution in [2.24, 2.45) is 0 Å². The molecule has 16 heavy (non-hydrogen) atoms. The number of hydrogen-bond acceptors (Lipinski definition) is 3. The Hall–Kier alpha value is -1.55. The molecule has 0 aromatic heterocycles. The molecule has 0 spiro atoms. The number of benzene rings is 1. The molecule has 1 atom stereocenters. The quantitative estimate of drug-likeness (QED) is 0.805. The summed E-state index contributed by atoms with van der Waals surface area (Å²) in [6, 6.07) is 9.50. The fourth-order valence-electron chi connectivity index (χ4n) is 2.13. The number of likely N-dealkylation sites (N-methyl/N-ethyl adjacent to an activating group) is 1. The average molecular weight is 220 g/mol. The summed E-state index contributed by atoms with van der Waals surface area (Å²) < 4.78 is 0. The zero-order chi connectivity index (χ0) is 11.6. The average Bonchev–Trinajstić information content (AvgIpc) is 2.63. The van der Waals surface area contributed by atoms with Crippen molar-refractivity contribution in [3.05, 3.63) is 30.3 Å². The van der Waals surface area contributed by atoms with Crippen LogP contribution in [-0.2, 0) is 4.79 Å². The van der Waals surface area contributed by atoms with Gasteiger partial charge in [-0.1, -0.05) is 18.2 Å². The molecule has 0 bridgehead atoms. The number of aliphatic carboxylic acids is 1. The molecule has 1 heterocycles. The van der Waals surface area contributed by atoms with E-state index in [1.165, 1.54) is 0 Å². The first-order chi connectivity index (χ1) is 7.62.